The number of phenols is 1. The van der Waals surface area contributed by atoms with Crippen molar-refractivity contribution in [2.75, 3.05) is 71.3 Å². The van der Waals surface area contributed by atoms with Gasteiger partial charge >= 0.3 is 12.1 Å². The van der Waals surface area contributed by atoms with Crippen molar-refractivity contribution in [2.45, 2.75) is 77.0 Å². The highest BCUT2D eigenvalue weighted by molar-refractivity contribution is 5.91. The number of likely N-dealkylation sites (tertiary alicyclic amines) is 2. The first-order chi connectivity index (χ1) is 23.2. The van der Waals surface area contributed by atoms with Crippen molar-refractivity contribution in [3.05, 3.63) is 58.7 Å². The highest BCUT2D eigenvalue weighted by Gasteiger charge is 2.36. The summed E-state index contributed by atoms with van der Waals surface area (Å²) in [6.45, 7) is 10.9. The average molecular weight is 661 g/mol. The molecule has 0 radical (unpaired) electrons. The predicted molar refractivity (Wildman–Crippen MR) is 185 cm³/mol. The van der Waals surface area contributed by atoms with E-state index in [2.05, 4.69) is 22.2 Å². The number of carbonyl (C=O) groups is 3. The molecule has 11 heteroatoms. The summed E-state index contributed by atoms with van der Waals surface area (Å²) in [6.07, 6.45) is 3.37. The van der Waals surface area contributed by atoms with Gasteiger partial charge in [-0.15, -0.1) is 0 Å². The van der Waals surface area contributed by atoms with Crippen molar-refractivity contribution >= 4 is 23.7 Å². The van der Waals surface area contributed by atoms with Crippen LogP contribution in [0.4, 0.5) is 15.3 Å². The van der Waals surface area contributed by atoms with Gasteiger partial charge in [-0.05, 0) is 80.8 Å². The fourth-order valence-electron chi connectivity index (χ4n) is 7.85. The van der Waals surface area contributed by atoms with Gasteiger partial charge in [-0.1, -0.05) is 37.3 Å². The molecule has 11 nitrogen and oxygen atoms in total. The standard InChI is InChI=1S/C37H52N6O5/c1-4-28-24-27(23-26(2)34(28)44)25-33(35(45)41-14-10-30(11-15-41)40-21-19-39(3)20-22-40)48-37(47)42-16-12-31(13-17-42)43-18-9-29-7-5-6-8-32(29)38-36(43)46/h5-8,23-24,30-31,33,44H,4,9-22,25H2,1-3H3,(H,38,46). The maximum absolute atomic E-state index is 14.1. The molecule has 4 amide bonds. The molecular weight excluding hydrogens is 608 g/mol. The first-order valence-electron chi connectivity index (χ1n) is 17.8. The summed E-state index contributed by atoms with van der Waals surface area (Å²) in [4.78, 5) is 51.2. The maximum atomic E-state index is 14.1. The lowest BCUT2D eigenvalue weighted by Gasteiger charge is -2.42. The summed E-state index contributed by atoms with van der Waals surface area (Å²) in [5.74, 6) is 0.122. The van der Waals surface area contributed by atoms with Crippen LogP contribution in [0, 0.1) is 6.92 Å². The Kier molecular flexibility index (Phi) is 10.8. The number of piperidine rings is 2. The molecule has 6 rings (SSSR count). The molecule has 0 bridgehead atoms. The van der Waals surface area contributed by atoms with Crippen LogP contribution >= 0.6 is 0 Å². The maximum Gasteiger partial charge on any atom is 0.410 e. The van der Waals surface area contributed by atoms with E-state index in [9.17, 15) is 19.5 Å². The van der Waals surface area contributed by atoms with Gasteiger partial charge < -0.3 is 34.8 Å². The SMILES string of the molecule is CCc1cc(CC(OC(=O)N2CCC(N3CCc4ccccc4NC3=O)CC2)C(=O)N2CCC(N3CCN(C)CC3)CC2)cc(C)c1O. The molecule has 2 aromatic rings. The zero-order valence-corrected chi connectivity index (χ0v) is 28.8. The number of urea groups is 1. The number of aryl methyl sites for hydroxylation is 2. The van der Waals surface area contributed by atoms with Gasteiger partial charge in [-0.3, -0.25) is 9.69 Å². The molecule has 4 aliphatic heterocycles. The third-order valence-corrected chi connectivity index (χ3v) is 10.9. The Balaban J connectivity index is 1.09. The topological polar surface area (TPSA) is 109 Å². The van der Waals surface area contributed by atoms with E-state index in [1.54, 1.807) is 4.90 Å². The lowest BCUT2D eigenvalue weighted by molar-refractivity contribution is -0.142. The van der Waals surface area contributed by atoms with Crippen LogP contribution in [0.25, 0.3) is 0 Å². The normalized spacial score (nSPS) is 21.0. The van der Waals surface area contributed by atoms with Gasteiger partial charge in [-0.25, -0.2) is 9.59 Å². The molecule has 4 aliphatic rings. The number of carbonyl (C=O) groups excluding carboxylic acids is 3. The zero-order chi connectivity index (χ0) is 33.8. The van der Waals surface area contributed by atoms with Gasteiger partial charge in [0.2, 0.25) is 0 Å². The second-order valence-corrected chi connectivity index (χ2v) is 14.0. The van der Waals surface area contributed by atoms with E-state index in [-0.39, 0.29) is 30.2 Å². The number of likely N-dealkylation sites (N-methyl/N-ethyl adjacent to an activating group) is 1. The second kappa shape index (κ2) is 15.2. The number of amides is 4. The molecule has 0 aliphatic carbocycles. The van der Waals surface area contributed by atoms with E-state index in [0.717, 1.165) is 73.4 Å². The van der Waals surface area contributed by atoms with Crippen molar-refractivity contribution in [2.24, 2.45) is 0 Å². The fourth-order valence-corrected chi connectivity index (χ4v) is 7.85. The van der Waals surface area contributed by atoms with Crippen LogP contribution in [0.1, 0.15) is 54.9 Å². The molecule has 1 atom stereocenters. The van der Waals surface area contributed by atoms with Crippen molar-refractivity contribution < 1.29 is 24.2 Å². The Morgan fingerprint density at radius 1 is 0.917 bits per heavy atom. The largest absolute Gasteiger partial charge is 0.507 e. The van der Waals surface area contributed by atoms with E-state index in [1.807, 2.05) is 60.0 Å². The number of nitrogens with zero attached hydrogens (tertiary/aromatic N) is 5. The molecule has 0 aromatic heterocycles. The van der Waals surface area contributed by atoms with Crippen LogP contribution in [0.2, 0.25) is 0 Å². The molecule has 3 fully saturated rings. The summed E-state index contributed by atoms with van der Waals surface area (Å²) in [5.41, 5.74) is 4.42. The zero-order valence-electron chi connectivity index (χ0n) is 28.8. The molecule has 0 spiro atoms. The number of hydrogen-bond acceptors (Lipinski definition) is 7. The number of piperazine rings is 1. The first kappa shape index (κ1) is 34.0. The van der Waals surface area contributed by atoms with Gasteiger partial charge in [0.15, 0.2) is 6.10 Å². The van der Waals surface area contributed by atoms with Crippen molar-refractivity contribution in [3.8, 4) is 5.75 Å². The van der Waals surface area contributed by atoms with Crippen molar-refractivity contribution in [3.63, 3.8) is 0 Å². The van der Waals surface area contributed by atoms with Gasteiger partial charge in [0.1, 0.15) is 5.75 Å². The Morgan fingerprint density at radius 3 is 2.29 bits per heavy atom. The summed E-state index contributed by atoms with van der Waals surface area (Å²) >= 11 is 0. The lowest BCUT2D eigenvalue weighted by atomic mass is 9.97. The molecule has 260 valence electrons. The summed E-state index contributed by atoms with van der Waals surface area (Å²) < 4.78 is 6.10. The molecular formula is C37H52N6O5. The quantitative estimate of drug-likeness (QED) is 0.461. The third kappa shape index (κ3) is 7.73. The Hall–Kier alpha value is -3.83. The van der Waals surface area contributed by atoms with Gasteiger partial charge in [0.05, 0.1) is 0 Å². The van der Waals surface area contributed by atoms with Crippen LogP contribution in [-0.2, 0) is 28.8 Å². The van der Waals surface area contributed by atoms with Crippen molar-refractivity contribution in [1.82, 2.24) is 24.5 Å². The van der Waals surface area contributed by atoms with E-state index in [1.165, 1.54) is 0 Å². The number of ether oxygens (including phenoxy) is 1. The van der Waals surface area contributed by atoms with E-state index < -0.39 is 12.2 Å². The first-order valence-corrected chi connectivity index (χ1v) is 17.8. The van der Waals surface area contributed by atoms with Crippen LogP contribution in [0.5, 0.6) is 5.75 Å². The molecule has 1 unspecified atom stereocenters. The van der Waals surface area contributed by atoms with Gasteiger partial charge in [-0.2, -0.15) is 0 Å². The van der Waals surface area contributed by atoms with Crippen LogP contribution in [0.15, 0.2) is 36.4 Å². The highest BCUT2D eigenvalue weighted by Crippen LogP contribution is 2.28. The van der Waals surface area contributed by atoms with E-state index >= 15 is 0 Å². The van der Waals surface area contributed by atoms with E-state index in [4.69, 9.17) is 4.74 Å². The van der Waals surface area contributed by atoms with Crippen LogP contribution < -0.4 is 5.32 Å². The number of phenolic OH excluding ortho intramolecular Hbond substituents is 1. The Morgan fingerprint density at radius 2 is 1.58 bits per heavy atom. The molecule has 3 saturated heterocycles. The minimum Gasteiger partial charge on any atom is -0.507 e. The number of hydrogen-bond donors (Lipinski definition) is 2. The van der Waals surface area contributed by atoms with Crippen LogP contribution in [-0.4, -0.2) is 132 Å². The number of aromatic hydroxyl groups is 1. The monoisotopic (exact) mass is 660 g/mol. The minimum absolute atomic E-state index is 0.0230. The van der Waals surface area contributed by atoms with Gasteiger partial charge in [0, 0.05) is 83.1 Å². The smallest absolute Gasteiger partial charge is 0.410 e. The lowest BCUT2D eigenvalue weighted by Crippen LogP contribution is -2.54. The number of para-hydroxylation sites is 1. The minimum atomic E-state index is -0.959. The molecule has 2 aromatic carbocycles. The Bertz CT molecular complexity index is 1460. The summed E-state index contributed by atoms with van der Waals surface area (Å²) in [6, 6.07) is 12.1. The number of rotatable bonds is 7. The third-order valence-electron chi connectivity index (χ3n) is 10.9. The molecule has 2 N–H and O–H groups in total. The number of fused-ring (bicyclic) bond motifs is 1. The van der Waals surface area contributed by atoms with Gasteiger partial charge in [0.25, 0.3) is 5.91 Å². The Labute approximate surface area is 284 Å². The summed E-state index contributed by atoms with van der Waals surface area (Å²) in [5, 5.41) is 13.6. The number of nitrogens with one attached hydrogen (secondary N) is 1. The molecule has 48 heavy (non-hydrogen) atoms. The number of benzene rings is 2. The average Bonchev–Trinajstić information content (AvgIpc) is 3.27. The molecule has 0 saturated carbocycles. The number of anilines is 1. The predicted octanol–water partition coefficient (Wildman–Crippen LogP) is 4.10. The van der Waals surface area contributed by atoms with Crippen molar-refractivity contribution in [1.29, 1.82) is 0 Å². The molecule has 4 heterocycles. The fraction of sp³-hybridized carbons (Fsp3) is 0.595. The van der Waals surface area contributed by atoms with Crippen LogP contribution in [0.3, 0.4) is 0 Å². The summed E-state index contributed by atoms with van der Waals surface area (Å²) in [7, 11) is 2.16. The second-order valence-electron chi connectivity index (χ2n) is 14.0. The van der Waals surface area contributed by atoms with E-state index in [0.29, 0.717) is 58.0 Å². The highest BCUT2D eigenvalue weighted by atomic mass is 16.6.